The molecule has 2 rings (SSSR count). The predicted octanol–water partition coefficient (Wildman–Crippen LogP) is 3.61. The van der Waals surface area contributed by atoms with Crippen LogP contribution in [0.2, 0.25) is 5.02 Å². The molecular formula is C11H7ClFNO2S. The molecule has 1 N–H and O–H groups in total. The third-order valence-corrected chi connectivity index (χ3v) is 3.64. The molecule has 17 heavy (non-hydrogen) atoms. The standard InChI is InChI=1S/C11H7ClFNO2S/c1-5-9(11(15)16)17-10(14-5)7-3-2-6(13)4-8(7)12/h2-4H,1H3,(H,15,16). The molecular weight excluding hydrogens is 265 g/mol. The van der Waals surface area contributed by atoms with E-state index in [4.69, 9.17) is 16.7 Å². The minimum atomic E-state index is -1.02. The summed E-state index contributed by atoms with van der Waals surface area (Å²) in [4.78, 5) is 15.2. The molecule has 0 aliphatic carbocycles. The van der Waals surface area contributed by atoms with Crippen LogP contribution < -0.4 is 0 Å². The Hall–Kier alpha value is -1.46. The third-order valence-electron chi connectivity index (χ3n) is 2.15. The number of nitrogens with zero attached hydrogens (tertiary/aromatic N) is 1. The molecule has 0 atom stereocenters. The van der Waals surface area contributed by atoms with E-state index < -0.39 is 11.8 Å². The van der Waals surface area contributed by atoms with Gasteiger partial charge in [0.2, 0.25) is 0 Å². The smallest absolute Gasteiger partial charge is 0.347 e. The van der Waals surface area contributed by atoms with Crippen molar-refractivity contribution in [1.82, 2.24) is 4.98 Å². The van der Waals surface area contributed by atoms with Crippen molar-refractivity contribution >= 4 is 28.9 Å². The van der Waals surface area contributed by atoms with Crippen LogP contribution in [-0.4, -0.2) is 16.1 Å². The summed E-state index contributed by atoms with van der Waals surface area (Å²) in [5, 5.41) is 9.61. The molecule has 0 aliphatic rings. The topological polar surface area (TPSA) is 50.2 Å². The van der Waals surface area contributed by atoms with Gasteiger partial charge in [-0.15, -0.1) is 11.3 Å². The minimum absolute atomic E-state index is 0.167. The maximum atomic E-state index is 12.9. The van der Waals surface area contributed by atoms with E-state index in [1.807, 2.05) is 0 Å². The Kier molecular flexibility index (Phi) is 3.13. The van der Waals surface area contributed by atoms with Crippen LogP contribution in [0.4, 0.5) is 4.39 Å². The van der Waals surface area contributed by atoms with E-state index in [-0.39, 0.29) is 9.90 Å². The van der Waals surface area contributed by atoms with E-state index >= 15 is 0 Å². The first kappa shape index (κ1) is 12.0. The molecule has 0 saturated carbocycles. The molecule has 1 heterocycles. The molecule has 0 spiro atoms. The fraction of sp³-hybridized carbons (Fsp3) is 0.0909. The summed E-state index contributed by atoms with van der Waals surface area (Å²) >= 11 is 6.91. The third kappa shape index (κ3) is 2.30. The second-order valence-corrected chi connectivity index (χ2v) is 4.77. The zero-order valence-corrected chi connectivity index (χ0v) is 10.3. The Labute approximate surface area is 106 Å². The number of thiazole rings is 1. The van der Waals surface area contributed by atoms with Crippen LogP contribution in [-0.2, 0) is 0 Å². The lowest BCUT2D eigenvalue weighted by atomic mass is 10.2. The van der Waals surface area contributed by atoms with Gasteiger partial charge in [0.25, 0.3) is 0 Å². The van der Waals surface area contributed by atoms with Crippen molar-refractivity contribution in [3.8, 4) is 10.6 Å². The van der Waals surface area contributed by atoms with Crippen LogP contribution in [0.1, 0.15) is 15.4 Å². The molecule has 0 amide bonds. The van der Waals surface area contributed by atoms with Gasteiger partial charge in [-0.1, -0.05) is 11.6 Å². The number of hydrogen-bond donors (Lipinski definition) is 1. The zero-order chi connectivity index (χ0) is 12.6. The Balaban J connectivity index is 2.53. The molecule has 0 fully saturated rings. The van der Waals surface area contributed by atoms with E-state index in [0.29, 0.717) is 16.3 Å². The van der Waals surface area contributed by atoms with Gasteiger partial charge in [0.1, 0.15) is 15.7 Å². The fourth-order valence-corrected chi connectivity index (χ4v) is 2.63. The van der Waals surface area contributed by atoms with Gasteiger partial charge in [0.15, 0.2) is 0 Å². The van der Waals surface area contributed by atoms with Gasteiger partial charge in [0, 0.05) is 5.56 Å². The highest BCUT2D eigenvalue weighted by Crippen LogP contribution is 2.33. The minimum Gasteiger partial charge on any atom is -0.477 e. The Morgan fingerprint density at radius 2 is 2.24 bits per heavy atom. The molecule has 0 aliphatic heterocycles. The summed E-state index contributed by atoms with van der Waals surface area (Å²) in [6.45, 7) is 1.61. The zero-order valence-electron chi connectivity index (χ0n) is 8.70. The van der Waals surface area contributed by atoms with Gasteiger partial charge in [-0.3, -0.25) is 0 Å². The molecule has 6 heteroatoms. The Morgan fingerprint density at radius 3 is 2.76 bits per heavy atom. The highest BCUT2D eigenvalue weighted by molar-refractivity contribution is 7.17. The number of aryl methyl sites for hydroxylation is 1. The van der Waals surface area contributed by atoms with Crippen LogP contribution in [0.15, 0.2) is 18.2 Å². The lowest BCUT2D eigenvalue weighted by Gasteiger charge is -1.99. The number of rotatable bonds is 2. The monoisotopic (exact) mass is 271 g/mol. The van der Waals surface area contributed by atoms with Crippen molar-refractivity contribution in [3.05, 3.63) is 39.6 Å². The summed E-state index contributed by atoms with van der Waals surface area (Å²) < 4.78 is 12.9. The van der Waals surface area contributed by atoms with Gasteiger partial charge in [-0.2, -0.15) is 0 Å². The van der Waals surface area contributed by atoms with E-state index in [2.05, 4.69) is 4.98 Å². The van der Waals surface area contributed by atoms with E-state index in [1.54, 1.807) is 6.92 Å². The van der Waals surface area contributed by atoms with Crippen molar-refractivity contribution in [2.75, 3.05) is 0 Å². The predicted molar refractivity (Wildman–Crippen MR) is 64.2 cm³/mol. The molecule has 0 bridgehead atoms. The first-order chi connectivity index (χ1) is 7.99. The maximum Gasteiger partial charge on any atom is 0.347 e. The lowest BCUT2D eigenvalue weighted by Crippen LogP contribution is -1.94. The second-order valence-electron chi connectivity index (χ2n) is 3.36. The highest BCUT2D eigenvalue weighted by Gasteiger charge is 2.16. The number of hydrogen-bond acceptors (Lipinski definition) is 3. The summed E-state index contributed by atoms with van der Waals surface area (Å²) in [6.07, 6.45) is 0. The SMILES string of the molecule is Cc1nc(-c2ccc(F)cc2Cl)sc1C(=O)O. The molecule has 3 nitrogen and oxygen atoms in total. The first-order valence-corrected chi connectivity index (χ1v) is 5.84. The number of carboxylic acids is 1. The van der Waals surface area contributed by atoms with E-state index in [0.717, 1.165) is 11.3 Å². The number of benzene rings is 1. The largest absolute Gasteiger partial charge is 0.477 e. The van der Waals surface area contributed by atoms with Crippen molar-refractivity contribution in [3.63, 3.8) is 0 Å². The van der Waals surface area contributed by atoms with Gasteiger partial charge in [-0.25, -0.2) is 14.2 Å². The van der Waals surface area contributed by atoms with Crippen LogP contribution in [0, 0.1) is 12.7 Å². The number of halogens is 2. The fourth-order valence-electron chi connectivity index (χ4n) is 1.37. The van der Waals surface area contributed by atoms with Crippen LogP contribution in [0.25, 0.3) is 10.6 Å². The van der Waals surface area contributed by atoms with Gasteiger partial charge in [-0.05, 0) is 25.1 Å². The summed E-state index contributed by atoms with van der Waals surface area (Å²) in [5.41, 5.74) is 0.964. The quantitative estimate of drug-likeness (QED) is 0.908. The summed E-state index contributed by atoms with van der Waals surface area (Å²) in [6, 6.07) is 3.92. The van der Waals surface area contributed by atoms with Crippen LogP contribution in [0.5, 0.6) is 0 Å². The molecule has 0 radical (unpaired) electrons. The molecule has 0 saturated heterocycles. The average molecular weight is 272 g/mol. The maximum absolute atomic E-state index is 12.9. The van der Waals surface area contributed by atoms with Crippen LogP contribution in [0.3, 0.4) is 0 Å². The first-order valence-electron chi connectivity index (χ1n) is 4.65. The average Bonchev–Trinajstić information content (AvgIpc) is 2.60. The van der Waals surface area contributed by atoms with Crippen molar-refractivity contribution in [2.45, 2.75) is 6.92 Å². The number of carboxylic acid groups (broad SMARTS) is 1. The van der Waals surface area contributed by atoms with Crippen LogP contribution >= 0.6 is 22.9 Å². The summed E-state index contributed by atoms with van der Waals surface area (Å²) in [5.74, 6) is -1.46. The highest BCUT2D eigenvalue weighted by atomic mass is 35.5. The van der Waals surface area contributed by atoms with Crippen molar-refractivity contribution < 1.29 is 14.3 Å². The molecule has 1 aromatic heterocycles. The van der Waals surface area contributed by atoms with Crippen molar-refractivity contribution in [1.29, 1.82) is 0 Å². The van der Waals surface area contributed by atoms with E-state index in [9.17, 15) is 9.18 Å². The molecule has 2 aromatic rings. The van der Waals surface area contributed by atoms with Crippen molar-refractivity contribution in [2.24, 2.45) is 0 Å². The molecule has 0 unspecified atom stereocenters. The normalized spacial score (nSPS) is 10.5. The Morgan fingerprint density at radius 1 is 1.53 bits per heavy atom. The Bertz CT molecular complexity index is 597. The number of aromatic carboxylic acids is 1. The molecule has 1 aromatic carbocycles. The van der Waals surface area contributed by atoms with Gasteiger partial charge >= 0.3 is 5.97 Å². The summed E-state index contributed by atoms with van der Waals surface area (Å²) in [7, 11) is 0. The lowest BCUT2D eigenvalue weighted by molar-refractivity contribution is 0.0701. The number of carbonyl (C=O) groups is 1. The van der Waals surface area contributed by atoms with Gasteiger partial charge in [0.05, 0.1) is 10.7 Å². The molecule has 88 valence electrons. The number of aromatic nitrogens is 1. The van der Waals surface area contributed by atoms with E-state index in [1.165, 1.54) is 18.2 Å². The van der Waals surface area contributed by atoms with Gasteiger partial charge < -0.3 is 5.11 Å². The second kappa shape index (κ2) is 4.43.